The smallest absolute Gasteiger partial charge is 0.410 e. The Kier molecular flexibility index (Phi) is 4.21. The molecule has 1 aliphatic rings. The first-order chi connectivity index (χ1) is 12.3. The van der Waals surface area contributed by atoms with E-state index < -0.39 is 0 Å². The molecule has 3 nitrogen and oxygen atoms in total. The number of carbonyl (C=O) groups excluding carboxylic acids is 1. The maximum Gasteiger partial charge on any atom is 0.419 e. The van der Waals surface area contributed by atoms with E-state index in [0.29, 0.717) is 12.3 Å². The molecule has 1 aliphatic heterocycles. The van der Waals surface area contributed by atoms with Gasteiger partial charge in [-0.2, -0.15) is 0 Å². The minimum Gasteiger partial charge on any atom is -0.410 e. The van der Waals surface area contributed by atoms with Gasteiger partial charge in [0.1, 0.15) is 5.75 Å². The van der Waals surface area contributed by atoms with Crippen LogP contribution in [0.1, 0.15) is 17.9 Å². The predicted octanol–water partition coefficient (Wildman–Crippen LogP) is 5.34. The van der Waals surface area contributed by atoms with Gasteiger partial charge in [0.25, 0.3) is 0 Å². The number of rotatable bonds is 2. The van der Waals surface area contributed by atoms with E-state index in [4.69, 9.17) is 4.74 Å². The number of nitrogens with zero attached hydrogens (tertiary/aromatic N) is 1. The summed E-state index contributed by atoms with van der Waals surface area (Å²) in [7, 11) is 0. The van der Waals surface area contributed by atoms with Gasteiger partial charge in [-0.1, -0.05) is 66.7 Å². The van der Waals surface area contributed by atoms with Gasteiger partial charge in [0.15, 0.2) is 0 Å². The van der Waals surface area contributed by atoms with Crippen LogP contribution in [0.15, 0.2) is 85.1 Å². The summed E-state index contributed by atoms with van der Waals surface area (Å²) in [6.07, 6.45) is 4.45. The van der Waals surface area contributed by atoms with Crippen molar-refractivity contribution < 1.29 is 9.53 Å². The molecular weight excluding hydrogens is 310 g/mol. The number of ether oxygens (including phenoxy) is 1. The van der Waals surface area contributed by atoms with Crippen LogP contribution in [-0.2, 0) is 0 Å². The van der Waals surface area contributed by atoms with E-state index >= 15 is 0 Å². The van der Waals surface area contributed by atoms with Gasteiger partial charge in [0.05, 0.1) is 0 Å². The van der Waals surface area contributed by atoms with E-state index in [0.717, 1.165) is 6.42 Å². The van der Waals surface area contributed by atoms with Crippen molar-refractivity contribution in [1.29, 1.82) is 0 Å². The van der Waals surface area contributed by atoms with E-state index in [1.807, 2.05) is 30.5 Å². The number of amides is 1. The van der Waals surface area contributed by atoms with Crippen molar-refractivity contribution in [2.24, 2.45) is 0 Å². The molecule has 0 aromatic heterocycles. The SMILES string of the molecule is O=C(Oc1ccccc1)N1C=CC[C@@H](c2cccc3ccccc23)C1. The number of hydrogen-bond acceptors (Lipinski definition) is 2. The molecule has 0 saturated carbocycles. The van der Waals surface area contributed by atoms with Crippen molar-refractivity contribution in [3.63, 3.8) is 0 Å². The summed E-state index contributed by atoms with van der Waals surface area (Å²) in [5, 5.41) is 2.48. The predicted molar refractivity (Wildman–Crippen MR) is 99.6 cm³/mol. The minimum atomic E-state index is -0.340. The zero-order valence-corrected chi connectivity index (χ0v) is 13.8. The van der Waals surface area contributed by atoms with Gasteiger partial charge in [-0.15, -0.1) is 0 Å². The molecule has 0 aliphatic carbocycles. The molecule has 3 heteroatoms. The molecule has 0 bridgehead atoms. The van der Waals surface area contributed by atoms with Crippen LogP contribution in [0.25, 0.3) is 10.8 Å². The van der Waals surface area contributed by atoms with Crippen molar-refractivity contribution >= 4 is 16.9 Å². The quantitative estimate of drug-likeness (QED) is 0.635. The van der Waals surface area contributed by atoms with Gasteiger partial charge < -0.3 is 4.74 Å². The fourth-order valence-electron chi connectivity index (χ4n) is 3.34. The lowest BCUT2D eigenvalue weighted by molar-refractivity contribution is 0.165. The lowest BCUT2D eigenvalue weighted by atomic mass is 9.89. The molecule has 0 spiro atoms. The fraction of sp³-hybridized carbons (Fsp3) is 0.136. The van der Waals surface area contributed by atoms with Crippen LogP contribution in [0.5, 0.6) is 5.75 Å². The van der Waals surface area contributed by atoms with Crippen LogP contribution in [0.4, 0.5) is 4.79 Å². The Morgan fingerprint density at radius 3 is 2.56 bits per heavy atom. The van der Waals surface area contributed by atoms with Crippen LogP contribution in [-0.4, -0.2) is 17.5 Å². The maximum absolute atomic E-state index is 12.5. The Hall–Kier alpha value is -3.07. The van der Waals surface area contributed by atoms with Gasteiger partial charge in [-0.3, -0.25) is 4.90 Å². The first-order valence-corrected chi connectivity index (χ1v) is 8.49. The number of hydrogen-bond donors (Lipinski definition) is 0. The summed E-state index contributed by atoms with van der Waals surface area (Å²) >= 11 is 0. The Balaban J connectivity index is 1.55. The van der Waals surface area contributed by atoms with E-state index in [1.165, 1.54) is 16.3 Å². The third kappa shape index (κ3) is 3.26. The Morgan fingerprint density at radius 2 is 1.68 bits per heavy atom. The third-order valence-electron chi connectivity index (χ3n) is 4.57. The van der Waals surface area contributed by atoms with Crippen molar-refractivity contribution in [2.75, 3.05) is 6.54 Å². The van der Waals surface area contributed by atoms with Gasteiger partial charge in [0, 0.05) is 18.7 Å². The van der Waals surface area contributed by atoms with Crippen LogP contribution in [0, 0.1) is 0 Å². The largest absolute Gasteiger partial charge is 0.419 e. The van der Waals surface area contributed by atoms with Crippen LogP contribution in [0.2, 0.25) is 0 Å². The second kappa shape index (κ2) is 6.81. The molecule has 1 heterocycles. The summed E-state index contributed by atoms with van der Waals surface area (Å²) < 4.78 is 5.46. The first kappa shape index (κ1) is 15.5. The fourth-order valence-corrected chi connectivity index (χ4v) is 3.34. The standard InChI is InChI=1S/C22H19NO2/c24-22(25-19-11-2-1-3-12-19)23-15-7-10-18(16-23)21-14-6-9-17-8-4-5-13-20(17)21/h1-9,11-15,18H,10,16H2/t18-/m1/s1. The molecule has 0 unspecified atom stereocenters. The lowest BCUT2D eigenvalue weighted by Crippen LogP contribution is -2.34. The molecule has 25 heavy (non-hydrogen) atoms. The number of allylic oxidation sites excluding steroid dienone is 1. The highest BCUT2D eigenvalue weighted by Gasteiger charge is 2.24. The summed E-state index contributed by atoms with van der Waals surface area (Å²) in [5.41, 5.74) is 1.28. The molecule has 1 amide bonds. The number of carbonyl (C=O) groups is 1. The molecule has 0 fully saturated rings. The molecule has 4 rings (SSSR count). The van der Waals surface area contributed by atoms with Crippen molar-refractivity contribution in [3.05, 3.63) is 90.6 Å². The van der Waals surface area contributed by atoms with Crippen molar-refractivity contribution in [1.82, 2.24) is 4.90 Å². The average Bonchev–Trinajstić information content (AvgIpc) is 2.68. The highest BCUT2D eigenvalue weighted by Crippen LogP contribution is 2.31. The van der Waals surface area contributed by atoms with E-state index in [9.17, 15) is 4.79 Å². The Morgan fingerprint density at radius 1 is 0.920 bits per heavy atom. The van der Waals surface area contributed by atoms with Gasteiger partial charge >= 0.3 is 6.09 Å². The zero-order chi connectivity index (χ0) is 17.1. The topological polar surface area (TPSA) is 29.5 Å². The molecule has 0 radical (unpaired) electrons. The van der Waals surface area contributed by atoms with Crippen LogP contribution in [0.3, 0.4) is 0 Å². The second-order valence-electron chi connectivity index (χ2n) is 6.22. The maximum atomic E-state index is 12.5. The highest BCUT2D eigenvalue weighted by molar-refractivity contribution is 5.86. The highest BCUT2D eigenvalue weighted by atomic mass is 16.6. The second-order valence-corrected chi connectivity index (χ2v) is 6.22. The van der Waals surface area contributed by atoms with Gasteiger partial charge in [0.2, 0.25) is 0 Å². The molecule has 0 saturated heterocycles. The molecule has 3 aromatic rings. The summed E-state index contributed by atoms with van der Waals surface area (Å²) in [5.74, 6) is 0.826. The number of benzene rings is 3. The van der Waals surface area contributed by atoms with E-state index in [1.54, 1.807) is 17.0 Å². The monoisotopic (exact) mass is 329 g/mol. The Bertz CT molecular complexity index is 912. The number of para-hydroxylation sites is 1. The van der Waals surface area contributed by atoms with Gasteiger partial charge in [-0.05, 0) is 34.9 Å². The zero-order valence-electron chi connectivity index (χ0n) is 13.8. The summed E-state index contributed by atoms with van der Waals surface area (Å²) in [6.45, 7) is 0.621. The average molecular weight is 329 g/mol. The normalized spacial score (nSPS) is 16.8. The lowest BCUT2D eigenvalue weighted by Gasteiger charge is -2.28. The third-order valence-corrected chi connectivity index (χ3v) is 4.57. The molecule has 1 atom stereocenters. The molecular formula is C22H19NO2. The van der Waals surface area contributed by atoms with Crippen LogP contribution < -0.4 is 4.74 Å². The van der Waals surface area contributed by atoms with Crippen LogP contribution >= 0.6 is 0 Å². The van der Waals surface area contributed by atoms with Crippen molar-refractivity contribution in [2.45, 2.75) is 12.3 Å². The minimum absolute atomic E-state index is 0.263. The summed E-state index contributed by atoms with van der Waals surface area (Å²) in [4.78, 5) is 14.1. The summed E-state index contributed by atoms with van der Waals surface area (Å²) in [6, 6.07) is 23.9. The first-order valence-electron chi connectivity index (χ1n) is 8.49. The van der Waals surface area contributed by atoms with Crippen molar-refractivity contribution in [3.8, 4) is 5.75 Å². The molecule has 0 N–H and O–H groups in total. The Labute approximate surface area is 147 Å². The molecule has 3 aromatic carbocycles. The number of fused-ring (bicyclic) bond motifs is 1. The van der Waals surface area contributed by atoms with E-state index in [2.05, 4.69) is 42.5 Å². The molecule has 124 valence electrons. The van der Waals surface area contributed by atoms with Gasteiger partial charge in [-0.25, -0.2) is 4.79 Å². The van der Waals surface area contributed by atoms with E-state index in [-0.39, 0.29) is 12.0 Å².